The molecule has 1 saturated heterocycles. The number of hydrogen-bond donors (Lipinski definition) is 2. The van der Waals surface area contributed by atoms with Crippen LogP contribution in [-0.2, 0) is 38.2 Å². The number of likely N-dealkylation sites (tertiary alicyclic amines) is 1. The minimum Gasteiger partial charge on any atom is -0.467 e. The second-order valence-electron chi connectivity index (χ2n) is 12.6. The lowest BCUT2D eigenvalue weighted by Crippen LogP contribution is -2.59. The summed E-state index contributed by atoms with van der Waals surface area (Å²) in [5, 5.41) is 5.42. The van der Waals surface area contributed by atoms with E-state index in [0.29, 0.717) is 4.47 Å². The maximum atomic E-state index is 14.1. The Labute approximate surface area is 266 Å². The van der Waals surface area contributed by atoms with Gasteiger partial charge in [-0.3, -0.25) is 13.8 Å². The fourth-order valence-electron chi connectivity index (χ4n) is 5.81. The largest absolute Gasteiger partial charge is 0.467 e. The first kappa shape index (κ1) is 33.9. The van der Waals surface area contributed by atoms with Gasteiger partial charge in [0, 0.05) is 23.4 Å². The highest BCUT2D eigenvalue weighted by Crippen LogP contribution is 2.45. The van der Waals surface area contributed by atoms with Gasteiger partial charge >= 0.3 is 12.1 Å². The summed E-state index contributed by atoms with van der Waals surface area (Å²) in [5.74, 6) is -2.32. The van der Waals surface area contributed by atoms with Crippen LogP contribution < -0.4 is 10.6 Å². The van der Waals surface area contributed by atoms with E-state index in [1.165, 1.54) is 24.1 Å². The molecule has 242 valence electrons. The number of benzene rings is 1. The molecule has 2 aliphatic carbocycles. The Balaban J connectivity index is 1.60. The number of carbonyl (C=O) groups excluding carboxylic acids is 4. The maximum absolute atomic E-state index is 14.1. The number of methoxy groups -OCH3 is 1. The second kappa shape index (κ2) is 13.2. The SMILES string of the molecule is C=CC1C[C@]1(NC(=O)[C@@H]1C[C@H](OS(=O)(=O)c2ccc(Br)cc2)CN1C(=O)[C@@H](NC(=O)OC1CCCC1)C(C)(C)C)C(=O)OC. The van der Waals surface area contributed by atoms with Gasteiger partial charge < -0.3 is 25.0 Å². The van der Waals surface area contributed by atoms with Crippen molar-refractivity contribution >= 4 is 49.9 Å². The van der Waals surface area contributed by atoms with E-state index in [1.54, 1.807) is 39.0 Å². The van der Waals surface area contributed by atoms with Crippen molar-refractivity contribution in [2.45, 2.75) is 94.0 Å². The van der Waals surface area contributed by atoms with Gasteiger partial charge in [0.15, 0.2) is 0 Å². The van der Waals surface area contributed by atoms with Crippen molar-refractivity contribution in [2.24, 2.45) is 11.3 Å². The molecular weight excluding hydrogens is 658 g/mol. The molecule has 0 radical (unpaired) electrons. The maximum Gasteiger partial charge on any atom is 0.408 e. The topological polar surface area (TPSA) is 157 Å². The molecule has 5 atom stereocenters. The molecule has 2 N–H and O–H groups in total. The number of carbonyl (C=O) groups is 4. The number of esters is 1. The number of amides is 3. The standard InChI is InChI=1S/C30H40BrN3O9S/c1-6-18-16-30(18,27(37)41-5)33-25(35)23-15-21(43-44(39,40)22-13-11-19(31)12-14-22)17-34(23)26(36)24(29(2,3)4)32-28(38)42-20-9-7-8-10-20/h6,11-14,18,20-21,23-24H,1,7-10,15-17H2,2-5H3,(H,32,38)(H,33,35)/t18?,21-,23-,24+,30+/m0/s1. The molecule has 2 saturated carbocycles. The first-order valence-electron chi connectivity index (χ1n) is 14.6. The Hall–Kier alpha value is -2.97. The van der Waals surface area contributed by atoms with Gasteiger partial charge in [-0.25, -0.2) is 9.59 Å². The monoisotopic (exact) mass is 697 g/mol. The summed E-state index contributed by atoms with van der Waals surface area (Å²) in [7, 11) is -3.05. The number of nitrogens with one attached hydrogen (secondary N) is 2. The lowest BCUT2D eigenvalue weighted by Gasteiger charge is -2.35. The molecule has 3 fully saturated rings. The average Bonchev–Trinajstić information content (AvgIpc) is 3.24. The van der Waals surface area contributed by atoms with Gasteiger partial charge in [0.1, 0.15) is 23.7 Å². The van der Waals surface area contributed by atoms with Crippen LogP contribution in [0, 0.1) is 11.3 Å². The lowest BCUT2D eigenvalue weighted by atomic mass is 9.85. The number of alkyl carbamates (subject to hydrolysis) is 1. The van der Waals surface area contributed by atoms with Crippen LogP contribution in [0.1, 0.15) is 59.3 Å². The Morgan fingerprint density at radius 2 is 1.75 bits per heavy atom. The van der Waals surface area contributed by atoms with Crippen LogP contribution in [-0.4, -0.2) is 80.7 Å². The predicted octanol–water partition coefficient (Wildman–Crippen LogP) is 3.44. The molecule has 1 aliphatic heterocycles. The van der Waals surface area contributed by atoms with Gasteiger partial charge in [0.2, 0.25) is 11.8 Å². The van der Waals surface area contributed by atoms with E-state index in [-0.39, 0.29) is 36.3 Å². The third-order valence-corrected chi connectivity index (χ3v) is 10.3. The smallest absolute Gasteiger partial charge is 0.408 e. The van der Waals surface area contributed by atoms with Gasteiger partial charge in [0.05, 0.1) is 18.1 Å². The molecule has 0 spiro atoms. The van der Waals surface area contributed by atoms with Gasteiger partial charge in [-0.15, -0.1) is 6.58 Å². The summed E-state index contributed by atoms with van der Waals surface area (Å²) in [4.78, 5) is 54.5. The van der Waals surface area contributed by atoms with E-state index in [0.717, 1.165) is 25.7 Å². The van der Waals surface area contributed by atoms with Crippen LogP contribution in [0.4, 0.5) is 4.79 Å². The zero-order chi connectivity index (χ0) is 32.4. The van der Waals surface area contributed by atoms with Gasteiger partial charge in [0.25, 0.3) is 10.1 Å². The summed E-state index contributed by atoms with van der Waals surface area (Å²) in [5.41, 5.74) is -2.15. The van der Waals surface area contributed by atoms with E-state index in [1.807, 2.05) is 0 Å². The summed E-state index contributed by atoms with van der Waals surface area (Å²) in [6, 6.07) is 3.53. The Morgan fingerprint density at radius 3 is 2.30 bits per heavy atom. The molecule has 1 heterocycles. The number of rotatable bonds is 10. The van der Waals surface area contributed by atoms with Crippen molar-refractivity contribution in [1.29, 1.82) is 0 Å². The fourth-order valence-corrected chi connectivity index (χ4v) is 7.15. The van der Waals surface area contributed by atoms with E-state index in [4.69, 9.17) is 13.7 Å². The van der Waals surface area contributed by atoms with E-state index < -0.39 is 63.1 Å². The molecule has 1 aromatic carbocycles. The molecule has 1 unspecified atom stereocenters. The molecule has 14 heteroatoms. The van der Waals surface area contributed by atoms with Crippen LogP contribution in [0.2, 0.25) is 0 Å². The molecule has 0 aromatic heterocycles. The quantitative estimate of drug-likeness (QED) is 0.212. The first-order valence-corrected chi connectivity index (χ1v) is 16.8. The van der Waals surface area contributed by atoms with Gasteiger partial charge in [-0.1, -0.05) is 42.8 Å². The normalized spacial score (nSPS) is 26.0. The summed E-state index contributed by atoms with van der Waals surface area (Å²) < 4.78 is 42.9. The van der Waals surface area contributed by atoms with Gasteiger partial charge in [-0.05, 0) is 61.8 Å². The summed E-state index contributed by atoms with van der Waals surface area (Å²) in [6.07, 6.45) is 2.97. The fraction of sp³-hybridized carbons (Fsp3) is 0.600. The Morgan fingerprint density at radius 1 is 1.11 bits per heavy atom. The third-order valence-electron chi connectivity index (χ3n) is 8.36. The third kappa shape index (κ3) is 7.45. The average molecular weight is 699 g/mol. The highest BCUT2D eigenvalue weighted by Gasteiger charge is 2.62. The molecule has 3 amide bonds. The van der Waals surface area contributed by atoms with Gasteiger partial charge in [-0.2, -0.15) is 8.42 Å². The summed E-state index contributed by atoms with van der Waals surface area (Å²) >= 11 is 3.27. The highest BCUT2D eigenvalue weighted by atomic mass is 79.9. The zero-order valence-corrected chi connectivity index (χ0v) is 27.7. The number of nitrogens with zero attached hydrogens (tertiary/aromatic N) is 1. The van der Waals surface area contributed by atoms with Crippen molar-refractivity contribution in [1.82, 2.24) is 15.5 Å². The molecule has 4 rings (SSSR count). The highest BCUT2D eigenvalue weighted by molar-refractivity contribution is 9.10. The number of ether oxygens (including phenoxy) is 2. The van der Waals surface area contributed by atoms with E-state index in [9.17, 15) is 27.6 Å². The van der Waals surface area contributed by atoms with E-state index in [2.05, 4.69) is 33.1 Å². The minimum absolute atomic E-state index is 0.0909. The number of halogens is 1. The molecule has 44 heavy (non-hydrogen) atoms. The Kier molecular flexibility index (Phi) is 10.2. The molecule has 3 aliphatic rings. The minimum atomic E-state index is -4.26. The van der Waals surface area contributed by atoms with Crippen LogP contribution >= 0.6 is 15.9 Å². The van der Waals surface area contributed by atoms with Crippen molar-refractivity contribution in [3.8, 4) is 0 Å². The second-order valence-corrected chi connectivity index (χ2v) is 15.1. The van der Waals surface area contributed by atoms with Crippen molar-refractivity contribution < 1.29 is 41.3 Å². The zero-order valence-electron chi connectivity index (χ0n) is 25.3. The predicted molar refractivity (Wildman–Crippen MR) is 163 cm³/mol. The van der Waals surface area contributed by atoms with Crippen molar-refractivity contribution in [3.63, 3.8) is 0 Å². The van der Waals surface area contributed by atoms with Crippen molar-refractivity contribution in [3.05, 3.63) is 41.4 Å². The lowest BCUT2D eigenvalue weighted by molar-refractivity contribution is -0.148. The number of hydrogen-bond acceptors (Lipinski definition) is 9. The molecule has 1 aromatic rings. The van der Waals surface area contributed by atoms with E-state index >= 15 is 0 Å². The van der Waals surface area contributed by atoms with Crippen LogP contribution in [0.5, 0.6) is 0 Å². The Bertz CT molecular complexity index is 1390. The van der Waals surface area contributed by atoms with Crippen molar-refractivity contribution in [2.75, 3.05) is 13.7 Å². The summed E-state index contributed by atoms with van der Waals surface area (Å²) in [6.45, 7) is 8.74. The van der Waals surface area contributed by atoms with Crippen LogP contribution in [0.25, 0.3) is 0 Å². The van der Waals surface area contributed by atoms with Crippen LogP contribution in [0.3, 0.4) is 0 Å². The molecule has 0 bridgehead atoms. The molecule has 12 nitrogen and oxygen atoms in total. The molecular formula is C30H40BrN3O9S. The van der Waals surface area contributed by atoms with Crippen LogP contribution in [0.15, 0.2) is 46.3 Å². The first-order chi connectivity index (χ1) is 20.6.